The zero-order valence-electron chi connectivity index (χ0n) is 11.1. The molecule has 0 rings (SSSR count). The maximum Gasteiger partial charge on any atom is 0.324 e. The van der Waals surface area contributed by atoms with Crippen LogP contribution in [0.2, 0.25) is 0 Å². The van der Waals surface area contributed by atoms with Gasteiger partial charge in [-0.15, -0.1) is 0 Å². The SMILES string of the molecule is CCCCN(CC)C(=O)NC(=O)CCCC(=O)O. The molecule has 3 amide bonds. The van der Waals surface area contributed by atoms with Gasteiger partial charge in [-0.2, -0.15) is 0 Å². The number of hydrogen-bond acceptors (Lipinski definition) is 3. The van der Waals surface area contributed by atoms with Crippen molar-refractivity contribution in [1.29, 1.82) is 0 Å². The Kier molecular flexibility index (Phi) is 8.61. The smallest absolute Gasteiger partial charge is 0.324 e. The summed E-state index contributed by atoms with van der Waals surface area (Å²) >= 11 is 0. The number of carbonyl (C=O) groups is 3. The lowest BCUT2D eigenvalue weighted by molar-refractivity contribution is -0.137. The third kappa shape index (κ3) is 7.65. The van der Waals surface area contributed by atoms with E-state index in [9.17, 15) is 14.4 Å². The van der Waals surface area contributed by atoms with Gasteiger partial charge in [-0.3, -0.25) is 14.9 Å². The molecule has 0 heterocycles. The topological polar surface area (TPSA) is 86.7 Å². The van der Waals surface area contributed by atoms with Crippen molar-refractivity contribution >= 4 is 17.9 Å². The standard InChI is InChI=1S/C12H22N2O4/c1-3-5-9-14(4-2)12(18)13-10(15)7-6-8-11(16)17/h3-9H2,1-2H3,(H,16,17)(H,13,15,18). The van der Waals surface area contributed by atoms with E-state index in [1.54, 1.807) is 4.90 Å². The molecule has 0 unspecified atom stereocenters. The van der Waals surface area contributed by atoms with Crippen molar-refractivity contribution in [3.05, 3.63) is 0 Å². The number of unbranched alkanes of at least 4 members (excludes halogenated alkanes) is 1. The highest BCUT2D eigenvalue weighted by Crippen LogP contribution is 1.98. The Morgan fingerprint density at radius 2 is 1.78 bits per heavy atom. The molecule has 0 saturated carbocycles. The summed E-state index contributed by atoms with van der Waals surface area (Å²) in [4.78, 5) is 34.9. The zero-order valence-corrected chi connectivity index (χ0v) is 11.1. The van der Waals surface area contributed by atoms with Gasteiger partial charge in [-0.25, -0.2) is 4.79 Å². The second kappa shape index (κ2) is 9.44. The van der Waals surface area contributed by atoms with Gasteiger partial charge in [0.25, 0.3) is 0 Å². The summed E-state index contributed by atoms with van der Waals surface area (Å²) in [5.41, 5.74) is 0. The first-order valence-corrected chi connectivity index (χ1v) is 6.31. The highest BCUT2D eigenvalue weighted by atomic mass is 16.4. The fourth-order valence-electron chi connectivity index (χ4n) is 1.41. The highest BCUT2D eigenvalue weighted by molar-refractivity contribution is 5.94. The number of urea groups is 1. The van der Waals surface area contributed by atoms with Crippen molar-refractivity contribution in [2.75, 3.05) is 13.1 Å². The molecule has 6 nitrogen and oxygen atoms in total. The number of imide groups is 1. The van der Waals surface area contributed by atoms with Crippen molar-refractivity contribution in [3.63, 3.8) is 0 Å². The number of rotatable bonds is 8. The molecule has 0 atom stereocenters. The minimum atomic E-state index is -0.938. The van der Waals surface area contributed by atoms with Gasteiger partial charge < -0.3 is 10.0 Å². The van der Waals surface area contributed by atoms with Crippen LogP contribution < -0.4 is 5.32 Å². The van der Waals surface area contributed by atoms with Crippen LogP contribution in [0, 0.1) is 0 Å². The van der Waals surface area contributed by atoms with E-state index in [0.29, 0.717) is 13.1 Å². The Bertz CT molecular complexity index is 292. The van der Waals surface area contributed by atoms with Gasteiger partial charge in [0.2, 0.25) is 5.91 Å². The molecule has 0 fully saturated rings. The molecule has 0 aromatic carbocycles. The Hall–Kier alpha value is -1.59. The van der Waals surface area contributed by atoms with E-state index in [1.807, 2.05) is 13.8 Å². The van der Waals surface area contributed by atoms with Gasteiger partial charge in [0.15, 0.2) is 0 Å². The number of nitrogens with zero attached hydrogens (tertiary/aromatic N) is 1. The Morgan fingerprint density at radius 3 is 2.28 bits per heavy atom. The van der Waals surface area contributed by atoms with Crippen LogP contribution in [0.3, 0.4) is 0 Å². The van der Waals surface area contributed by atoms with Crippen molar-refractivity contribution < 1.29 is 19.5 Å². The number of carbonyl (C=O) groups excluding carboxylic acids is 2. The van der Waals surface area contributed by atoms with Gasteiger partial charge in [-0.1, -0.05) is 13.3 Å². The average molecular weight is 258 g/mol. The lowest BCUT2D eigenvalue weighted by Gasteiger charge is -2.20. The highest BCUT2D eigenvalue weighted by Gasteiger charge is 2.14. The Morgan fingerprint density at radius 1 is 1.11 bits per heavy atom. The summed E-state index contributed by atoms with van der Waals surface area (Å²) in [6, 6.07) is -0.397. The molecule has 0 spiro atoms. The molecule has 0 saturated heterocycles. The van der Waals surface area contributed by atoms with Crippen LogP contribution in [0.15, 0.2) is 0 Å². The number of hydrogen-bond donors (Lipinski definition) is 2. The minimum absolute atomic E-state index is 0.0589. The van der Waals surface area contributed by atoms with Crippen LogP contribution in [0.1, 0.15) is 46.0 Å². The number of aliphatic carboxylic acids is 1. The van der Waals surface area contributed by atoms with E-state index in [2.05, 4.69) is 5.32 Å². The van der Waals surface area contributed by atoms with E-state index < -0.39 is 17.9 Å². The minimum Gasteiger partial charge on any atom is -0.481 e. The monoisotopic (exact) mass is 258 g/mol. The second-order valence-corrected chi connectivity index (χ2v) is 4.03. The third-order valence-corrected chi connectivity index (χ3v) is 2.49. The number of carboxylic acid groups (broad SMARTS) is 1. The molecular weight excluding hydrogens is 236 g/mol. The van der Waals surface area contributed by atoms with Gasteiger partial charge >= 0.3 is 12.0 Å². The molecule has 6 heteroatoms. The summed E-state index contributed by atoms with van der Waals surface area (Å²) in [7, 11) is 0. The van der Waals surface area contributed by atoms with E-state index in [1.165, 1.54) is 0 Å². The maximum atomic E-state index is 11.7. The Labute approximate surface area is 107 Å². The van der Waals surface area contributed by atoms with E-state index >= 15 is 0 Å². The van der Waals surface area contributed by atoms with Crippen LogP contribution in [0.25, 0.3) is 0 Å². The predicted octanol–water partition coefficient (Wildman–Crippen LogP) is 1.60. The molecule has 0 radical (unpaired) electrons. The summed E-state index contributed by atoms with van der Waals surface area (Å²) in [6.07, 6.45) is 2.12. The van der Waals surface area contributed by atoms with Crippen LogP contribution in [0.5, 0.6) is 0 Å². The summed E-state index contributed by atoms with van der Waals surface area (Å²) < 4.78 is 0. The maximum absolute atomic E-state index is 11.7. The summed E-state index contributed by atoms with van der Waals surface area (Å²) in [5, 5.41) is 10.7. The molecule has 2 N–H and O–H groups in total. The Balaban J connectivity index is 3.96. The first-order chi connectivity index (χ1) is 8.51. The van der Waals surface area contributed by atoms with Crippen LogP contribution in [0.4, 0.5) is 4.79 Å². The largest absolute Gasteiger partial charge is 0.481 e. The van der Waals surface area contributed by atoms with Gasteiger partial charge in [0, 0.05) is 25.9 Å². The second-order valence-electron chi connectivity index (χ2n) is 4.03. The molecular formula is C12H22N2O4. The van der Waals surface area contributed by atoms with E-state index in [0.717, 1.165) is 12.8 Å². The lowest BCUT2D eigenvalue weighted by Crippen LogP contribution is -2.43. The first kappa shape index (κ1) is 16.4. The average Bonchev–Trinajstić information content (AvgIpc) is 2.29. The van der Waals surface area contributed by atoms with E-state index in [-0.39, 0.29) is 19.3 Å². The zero-order chi connectivity index (χ0) is 14.0. The summed E-state index contributed by atoms with van der Waals surface area (Å²) in [6.45, 7) is 5.06. The molecule has 0 aromatic heterocycles. The van der Waals surface area contributed by atoms with E-state index in [4.69, 9.17) is 5.11 Å². The van der Waals surface area contributed by atoms with Crippen LogP contribution in [-0.2, 0) is 9.59 Å². The molecule has 0 aliphatic heterocycles. The van der Waals surface area contributed by atoms with Crippen LogP contribution in [-0.4, -0.2) is 41.0 Å². The van der Waals surface area contributed by atoms with Crippen molar-refractivity contribution in [1.82, 2.24) is 10.2 Å². The molecule has 18 heavy (non-hydrogen) atoms. The quantitative estimate of drug-likeness (QED) is 0.692. The predicted molar refractivity (Wildman–Crippen MR) is 67.2 cm³/mol. The van der Waals surface area contributed by atoms with Gasteiger partial charge in [0.05, 0.1) is 0 Å². The van der Waals surface area contributed by atoms with Crippen LogP contribution >= 0.6 is 0 Å². The molecule has 104 valence electrons. The molecule has 0 aliphatic carbocycles. The van der Waals surface area contributed by atoms with Crippen molar-refractivity contribution in [2.45, 2.75) is 46.0 Å². The number of amides is 3. The molecule has 0 aromatic rings. The van der Waals surface area contributed by atoms with Crippen molar-refractivity contribution in [3.8, 4) is 0 Å². The number of nitrogens with one attached hydrogen (secondary N) is 1. The summed E-state index contributed by atoms with van der Waals surface area (Å²) in [5.74, 6) is -1.36. The fraction of sp³-hybridized carbons (Fsp3) is 0.750. The normalized spacial score (nSPS) is 9.89. The molecule has 0 bridgehead atoms. The lowest BCUT2D eigenvalue weighted by atomic mass is 10.2. The van der Waals surface area contributed by atoms with Crippen molar-refractivity contribution in [2.24, 2.45) is 0 Å². The molecule has 0 aliphatic rings. The third-order valence-electron chi connectivity index (χ3n) is 2.49. The van der Waals surface area contributed by atoms with Gasteiger partial charge in [-0.05, 0) is 19.8 Å². The fourth-order valence-corrected chi connectivity index (χ4v) is 1.41. The van der Waals surface area contributed by atoms with Gasteiger partial charge in [0.1, 0.15) is 0 Å². The first-order valence-electron chi connectivity index (χ1n) is 6.31. The number of carboxylic acids is 1.